The molecule has 12 amide bonds. The molecule has 1 aliphatic heterocycles. The van der Waals surface area contributed by atoms with Gasteiger partial charge < -0.3 is 128 Å². The summed E-state index contributed by atoms with van der Waals surface area (Å²) in [5.41, 5.74) is 17.5. The van der Waals surface area contributed by atoms with E-state index in [-0.39, 0.29) is 108 Å². The molecule has 3 rings (SSSR count). The number of carboxylic acid groups (broad SMARTS) is 2. The molecule has 1 fully saturated rings. The summed E-state index contributed by atoms with van der Waals surface area (Å²) < 4.78 is 0. The van der Waals surface area contributed by atoms with Crippen molar-refractivity contribution in [3.05, 3.63) is 48.0 Å². The van der Waals surface area contributed by atoms with Crippen molar-refractivity contribution < 1.29 is 87.5 Å². The quantitative estimate of drug-likeness (QED) is 0.0168. The number of nitrogens with zero attached hydrogens (tertiary/aromatic N) is 1. The first kappa shape index (κ1) is 96.7. The Morgan fingerprint density at radius 2 is 0.939 bits per heavy atom. The van der Waals surface area contributed by atoms with E-state index in [2.05, 4.69) is 95.0 Å². The molecular weight excluding hydrogens is 1490 g/mol. The number of guanidine groups is 3. The molecule has 42 heteroatoms. The van der Waals surface area contributed by atoms with Crippen molar-refractivity contribution in [2.45, 2.75) is 237 Å². The van der Waals surface area contributed by atoms with Crippen LogP contribution in [0.2, 0.25) is 0 Å². The van der Waals surface area contributed by atoms with Crippen molar-refractivity contribution in [1.29, 1.82) is 16.2 Å². The number of phenols is 1. The lowest BCUT2D eigenvalue weighted by molar-refractivity contribution is -0.143. The molecule has 0 spiro atoms. The largest absolute Gasteiger partial charge is 0.508 e. The second kappa shape index (κ2) is 49.8. The van der Waals surface area contributed by atoms with Gasteiger partial charge >= 0.3 is 11.9 Å². The predicted octanol–water partition coefficient (Wildman–Crippen LogP) is -4.98. The van der Waals surface area contributed by atoms with Crippen LogP contribution in [0.3, 0.4) is 0 Å². The molecule has 0 bridgehead atoms. The maximum Gasteiger partial charge on any atom is 0.326 e. The number of H-pyrrole nitrogens is 1. The zero-order valence-electron chi connectivity index (χ0n) is 66.1. The Balaban J connectivity index is 1.94. The van der Waals surface area contributed by atoms with Crippen LogP contribution in [0, 0.1) is 39.9 Å². The molecule has 0 radical (unpaired) electrons. The number of carbonyl (C=O) groups is 14. The molecule has 15 atom stereocenters. The highest BCUT2D eigenvalue weighted by Crippen LogP contribution is 2.18. The van der Waals surface area contributed by atoms with E-state index in [9.17, 15) is 87.5 Å². The number of amides is 12. The first-order chi connectivity index (χ1) is 53.7. The van der Waals surface area contributed by atoms with E-state index in [1.165, 1.54) is 31.6 Å². The number of imidazole rings is 1. The highest BCUT2D eigenvalue weighted by molar-refractivity contribution is 6.00. The number of hydrogen-bond donors (Lipinski definition) is 27. The van der Waals surface area contributed by atoms with Crippen LogP contribution in [0.5, 0.6) is 5.75 Å². The number of carboxylic acids is 2. The second-order valence-electron chi connectivity index (χ2n) is 29.0. The fourth-order valence-corrected chi connectivity index (χ4v) is 11.9. The Hall–Kier alpha value is -11.5. The molecule has 1 saturated heterocycles. The third kappa shape index (κ3) is 35.5. The Kier molecular flexibility index (Phi) is 42.3. The van der Waals surface area contributed by atoms with E-state index >= 15 is 0 Å². The molecule has 2 aromatic rings. The minimum absolute atomic E-state index is 0.00169. The summed E-state index contributed by atoms with van der Waals surface area (Å²) in [5, 5.41) is 105. The highest BCUT2D eigenvalue weighted by Gasteiger charge is 2.40. The Bertz CT molecular complexity index is 3560. The van der Waals surface area contributed by atoms with Gasteiger partial charge in [0.15, 0.2) is 17.9 Å². The normalized spacial score (nSPS) is 16.1. The molecule has 636 valence electrons. The average Bonchev–Trinajstić information content (AvgIpc) is 1.11. The molecular formula is C72H120N24O18. The molecule has 42 nitrogen and oxygen atoms in total. The highest BCUT2D eigenvalue weighted by atomic mass is 16.4. The summed E-state index contributed by atoms with van der Waals surface area (Å²) in [6.45, 7) is 14.3. The number of rotatable bonds is 52. The second-order valence-corrected chi connectivity index (χ2v) is 29.0. The predicted molar refractivity (Wildman–Crippen MR) is 416 cm³/mol. The van der Waals surface area contributed by atoms with Crippen LogP contribution in [-0.4, -0.2) is 242 Å². The van der Waals surface area contributed by atoms with Crippen LogP contribution in [0.4, 0.5) is 0 Å². The number of aliphatic hydroxyl groups is 1. The molecule has 0 unspecified atom stereocenters. The lowest BCUT2D eigenvalue weighted by atomic mass is 9.95. The zero-order chi connectivity index (χ0) is 85.5. The third-order valence-corrected chi connectivity index (χ3v) is 18.8. The number of carbonyl (C=O) groups excluding carboxylic acids is 12. The molecule has 1 aromatic heterocycles. The molecule has 0 saturated carbocycles. The van der Waals surface area contributed by atoms with Gasteiger partial charge in [0, 0.05) is 45.1 Å². The molecule has 2 heterocycles. The van der Waals surface area contributed by atoms with Gasteiger partial charge in [0.25, 0.3) is 0 Å². The number of nitrogens with two attached hydrogens (primary N) is 3. The standard InChI is InChI=1S/C72H120N24O18/c1-10-38(7)55(67(111)91-49(30-36(3)4)64(108)87-48(24-25-53(100)101)61(105)92-51(69(113)114)32-42-33-79-35-85-42)95-63(107)46(18-14-28-82-71(75)76)86-60(104)45(17-13-27-81-70(73)74)88-66(110)56(39(8)11-2)96-65(109)54(37(5)6)94-62(106)47(19-15-29-83-72(77)78)89-68(112)57(40(9)97)93-52(99)34-84-58(102)50(31-41-20-22-43(98)23-21-41)90-59(103)44-16-12-26-80-44/h20-23,33,35-40,44-51,54-57,80,97-98H,10-19,24-32,34H2,1-9H3,(H,79,85)(H,84,102)(H,86,104)(H,87,108)(H,88,110)(H,89,112)(H,90,103)(H,91,111)(H,92,105)(H,93,99)(H,94,106)(H,95,107)(H,96,109)(H,100,101)(H,113,114)(H4,73,74,81)(H4,75,76,82)(H4,77,78,83)/t38-,39-,40+,44-,45-,46-,47-,48-,49-,50-,51-,54-,55-,56-,57-/m0/s1. The van der Waals surface area contributed by atoms with Crippen LogP contribution in [0.15, 0.2) is 36.8 Å². The van der Waals surface area contributed by atoms with Gasteiger partial charge in [-0.2, -0.15) is 0 Å². The van der Waals surface area contributed by atoms with E-state index in [4.69, 9.17) is 33.4 Å². The monoisotopic (exact) mass is 1610 g/mol. The van der Waals surface area contributed by atoms with E-state index in [1.807, 2.05) is 0 Å². The molecule has 0 aliphatic carbocycles. The smallest absolute Gasteiger partial charge is 0.326 e. The Morgan fingerprint density at radius 3 is 1.36 bits per heavy atom. The summed E-state index contributed by atoms with van der Waals surface area (Å²) in [4.78, 5) is 201. The number of benzene rings is 1. The number of aliphatic carboxylic acids is 2. The van der Waals surface area contributed by atoms with Crippen LogP contribution in [0.1, 0.15) is 157 Å². The first-order valence-electron chi connectivity index (χ1n) is 38.2. The van der Waals surface area contributed by atoms with Gasteiger partial charge in [-0.25, -0.2) is 9.78 Å². The lowest BCUT2D eigenvalue weighted by Gasteiger charge is -2.31. The van der Waals surface area contributed by atoms with Crippen molar-refractivity contribution in [2.75, 3.05) is 32.7 Å². The van der Waals surface area contributed by atoms with Crippen LogP contribution < -0.4 is 102 Å². The number of aromatic hydroxyl groups is 1. The van der Waals surface area contributed by atoms with Crippen LogP contribution in [-0.2, 0) is 80.0 Å². The number of phenolic OH excluding ortho intramolecular Hbond substituents is 1. The number of nitrogens with one attached hydrogen (secondary N) is 20. The number of hydrogen-bond acceptors (Lipinski definition) is 21. The van der Waals surface area contributed by atoms with Crippen molar-refractivity contribution in [2.24, 2.45) is 40.9 Å². The van der Waals surface area contributed by atoms with Gasteiger partial charge in [-0.15, -0.1) is 0 Å². The molecule has 30 N–H and O–H groups in total. The van der Waals surface area contributed by atoms with Crippen molar-refractivity contribution in [3.8, 4) is 5.75 Å². The maximum atomic E-state index is 14.8. The summed E-state index contributed by atoms with van der Waals surface area (Å²) in [7, 11) is 0. The zero-order valence-corrected chi connectivity index (χ0v) is 66.1. The fraction of sp³-hybridized carbons (Fsp3) is 0.639. The van der Waals surface area contributed by atoms with Crippen molar-refractivity contribution in [1.82, 2.24) is 95.0 Å². The van der Waals surface area contributed by atoms with E-state index in [0.29, 0.717) is 18.5 Å². The Morgan fingerprint density at radius 1 is 0.509 bits per heavy atom. The summed E-state index contributed by atoms with van der Waals surface area (Å²) in [6.07, 6.45) is 0.883. The molecule has 114 heavy (non-hydrogen) atoms. The van der Waals surface area contributed by atoms with Crippen LogP contribution >= 0.6 is 0 Å². The van der Waals surface area contributed by atoms with Gasteiger partial charge in [-0.05, 0) is 119 Å². The minimum atomic E-state index is -1.76. The van der Waals surface area contributed by atoms with Gasteiger partial charge in [-0.3, -0.25) is 78.6 Å². The van der Waals surface area contributed by atoms with Gasteiger partial charge in [0.1, 0.15) is 72.2 Å². The summed E-state index contributed by atoms with van der Waals surface area (Å²) >= 11 is 0. The van der Waals surface area contributed by atoms with Crippen LogP contribution in [0.25, 0.3) is 0 Å². The summed E-state index contributed by atoms with van der Waals surface area (Å²) in [6, 6.07) is -11.2. The van der Waals surface area contributed by atoms with E-state index in [1.54, 1.807) is 67.5 Å². The topological polar surface area (TPSA) is 691 Å². The Labute approximate surface area is 661 Å². The van der Waals surface area contributed by atoms with E-state index in [0.717, 1.165) is 6.42 Å². The average molecular weight is 1610 g/mol. The summed E-state index contributed by atoms with van der Waals surface area (Å²) in [5.74, 6) is -17.4. The van der Waals surface area contributed by atoms with E-state index < -0.39 is 216 Å². The minimum Gasteiger partial charge on any atom is -0.508 e. The number of aromatic amines is 1. The fourth-order valence-electron chi connectivity index (χ4n) is 11.9. The molecule has 1 aromatic carbocycles. The molecule has 1 aliphatic rings. The number of aromatic nitrogens is 2. The number of aliphatic hydroxyl groups excluding tert-OH is 1. The maximum absolute atomic E-state index is 14.8. The van der Waals surface area contributed by atoms with Gasteiger partial charge in [0.2, 0.25) is 70.9 Å². The van der Waals surface area contributed by atoms with Crippen molar-refractivity contribution in [3.63, 3.8) is 0 Å². The van der Waals surface area contributed by atoms with Gasteiger partial charge in [0.05, 0.1) is 30.7 Å². The SMILES string of the molecule is CC[C@H](C)[C@H](NC(=O)[C@H](CCCNC(=N)N)NC(=O)[C@H](CCCNC(=N)N)NC(=O)[C@@H](NC(=O)[C@@H](NC(=O)[C@H](CCCNC(=N)N)NC(=O)[C@@H](NC(=O)CNC(=O)[C@H](Cc1ccc(O)cc1)NC(=O)[C@@H]1CCCN1)[C@@H](C)O)C(C)C)[C@@H](C)CC)C(=O)N[C@@H](CC(C)C)C(=O)N[C@@H](CCC(=O)O)C(=O)N[C@@H](Cc1c[nH]cn1)C(=O)O. The lowest BCUT2D eigenvalue weighted by Crippen LogP contribution is -2.62. The van der Waals surface area contributed by atoms with Crippen molar-refractivity contribution >= 4 is 101 Å². The third-order valence-electron chi connectivity index (χ3n) is 18.8. The first-order valence-corrected chi connectivity index (χ1v) is 38.2. The van der Waals surface area contributed by atoms with Gasteiger partial charge in [-0.1, -0.05) is 80.4 Å².